The van der Waals surface area contributed by atoms with Gasteiger partial charge in [-0.3, -0.25) is 9.78 Å². The standard InChI is InChI=1S/C22H25N3O5S/c1-29-16-14-25-31(27,28)19-10-8-18(9-11-19)22(26)24-13-4-15-30-20-7-2-5-17-6-3-12-23-21(17)20/h2-3,5-12,25H,4,13-16H2,1H3,(H,24,26). The van der Waals surface area contributed by atoms with Gasteiger partial charge in [-0.25, -0.2) is 13.1 Å². The molecule has 3 rings (SSSR count). The van der Waals surface area contributed by atoms with E-state index < -0.39 is 10.0 Å². The summed E-state index contributed by atoms with van der Waals surface area (Å²) in [5.74, 6) is 0.434. The van der Waals surface area contributed by atoms with Crippen LogP contribution in [0.5, 0.6) is 5.75 Å². The number of carbonyl (C=O) groups excluding carboxylic acids is 1. The van der Waals surface area contributed by atoms with Crippen LogP contribution in [-0.2, 0) is 14.8 Å². The van der Waals surface area contributed by atoms with E-state index in [9.17, 15) is 13.2 Å². The van der Waals surface area contributed by atoms with Crippen molar-refractivity contribution in [1.29, 1.82) is 0 Å². The first-order chi connectivity index (χ1) is 15.0. The van der Waals surface area contributed by atoms with Crippen LogP contribution in [0.15, 0.2) is 65.7 Å². The number of fused-ring (bicyclic) bond motifs is 1. The minimum absolute atomic E-state index is 0.0947. The highest BCUT2D eigenvalue weighted by Crippen LogP contribution is 2.22. The number of rotatable bonds is 11. The number of benzene rings is 2. The normalized spacial score (nSPS) is 11.4. The quantitative estimate of drug-likeness (QED) is 0.441. The van der Waals surface area contributed by atoms with Crippen LogP contribution in [-0.4, -0.2) is 52.7 Å². The van der Waals surface area contributed by atoms with Crippen LogP contribution in [0, 0.1) is 0 Å². The molecule has 31 heavy (non-hydrogen) atoms. The van der Waals surface area contributed by atoms with Crippen molar-refractivity contribution in [2.75, 3.05) is 33.4 Å². The molecule has 1 amide bonds. The molecule has 0 aliphatic rings. The number of hydrogen-bond donors (Lipinski definition) is 2. The van der Waals surface area contributed by atoms with Gasteiger partial charge >= 0.3 is 0 Å². The molecule has 0 radical (unpaired) electrons. The van der Waals surface area contributed by atoms with Crippen molar-refractivity contribution in [2.24, 2.45) is 0 Å². The third-order valence-corrected chi connectivity index (χ3v) is 5.96. The van der Waals surface area contributed by atoms with Crippen molar-refractivity contribution in [3.05, 3.63) is 66.4 Å². The van der Waals surface area contributed by atoms with E-state index in [0.717, 1.165) is 10.9 Å². The van der Waals surface area contributed by atoms with E-state index in [2.05, 4.69) is 15.0 Å². The number of ether oxygens (including phenoxy) is 2. The molecule has 1 heterocycles. The minimum Gasteiger partial charge on any atom is -0.491 e. The van der Waals surface area contributed by atoms with E-state index in [1.54, 1.807) is 6.20 Å². The second kappa shape index (κ2) is 10.9. The molecule has 2 aromatic carbocycles. The Kier molecular flexibility index (Phi) is 7.94. The lowest BCUT2D eigenvalue weighted by molar-refractivity contribution is 0.0951. The van der Waals surface area contributed by atoms with Gasteiger partial charge in [-0.2, -0.15) is 0 Å². The summed E-state index contributed by atoms with van der Waals surface area (Å²) in [6, 6.07) is 15.4. The van der Waals surface area contributed by atoms with Crippen LogP contribution < -0.4 is 14.8 Å². The molecule has 1 aromatic heterocycles. The summed E-state index contributed by atoms with van der Waals surface area (Å²) >= 11 is 0. The average molecular weight is 444 g/mol. The maximum Gasteiger partial charge on any atom is 0.251 e. The fourth-order valence-corrected chi connectivity index (χ4v) is 3.91. The third-order valence-electron chi connectivity index (χ3n) is 4.49. The first kappa shape index (κ1) is 22.7. The number of nitrogens with one attached hydrogen (secondary N) is 2. The van der Waals surface area contributed by atoms with E-state index in [1.807, 2.05) is 30.3 Å². The number of amides is 1. The summed E-state index contributed by atoms with van der Waals surface area (Å²) in [4.78, 5) is 16.7. The van der Waals surface area contributed by atoms with Gasteiger partial charge in [-0.15, -0.1) is 0 Å². The van der Waals surface area contributed by atoms with Crippen molar-refractivity contribution in [2.45, 2.75) is 11.3 Å². The zero-order chi connectivity index (χ0) is 22.1. The molecule has 8 nitrogen and oxygen atoms in total. The minimum atomic E-state index is -3.62. The van der Waals surface area contributed by atoms with E-state index in [-0.39, 0.29) is 24.0 Å². The van der Waals surface area contributed by atoms with Gasteiger partial charge in [0.15, 0.2) is 0 Å². The number of methoxy groups -OCH3 is 1. The predicted molar refractivity (Wildman–Crippen MR) is 118 cm³/mol. The second-order valence-corrected chi connectivity index (χ2v) is 8.47. The van der Waals surface area contributed by atoms with Crippen molar-refractivity contribution >= 4 is 26.8 Å². The molecule has 0 aliphatic heterocycles. The highest BCUT2D eigenvalue weighted by molar-refractivity contribution is 7.89. The molecule has 0 bridgehead atoms. The summed E-state index contributed by atoms with van der Waals surface area (Å²) in [6.07, 6.45) is 2.34. The van der Waals surface area contributed by atoms with Crippen LogP contribution in [0.2, 0.25) is 0 Å². The lowest BCUT2D eigenvalue weighted by Gasteiger charge is -2.10. The molecule has 0 aliphatic carbocycles. The zero-order valence-corrected chi connectivity index (χ0v) is 18.0. The Labute approximate surface area is 181 Å². The van der Waals surface area contributed by atoms with Gasteiger partial charge in [0.2, 0.25) is 10.0 Å². The second-order valence-electron chi connectivity index (χ2n) is 6.70. The van der Waals surface area contributed by atoms with Gasteiger partial charge in [0, 0.05) is 37.3 Å². The lowest BCUT2D eigenvalue weighted by Crippen LogP contribution is -2.28. The number of nitrogens with zero attached hydrogens (tertiary/aromatic N) is 1. The Bertz CT molecular complexity index is 1110. The molecule has 0 fully saturated rings. The maximum absolute atomic E-state index is 12.3. The summed E-state index contributed by atoms with van der Waals surface area (Å²) in [7, 11) is -2.13. The molecule has 2 N–H and O–H groups in total. The Morgan fingerprint density at radius 1 is 1.00 bits per heavy atom. The number of hydrogen-bond acceptors (Lipinski definition) is 6. The molecule has 0 saturated carbocycles. The Hall–Kier alpha value is -3.01. The van der Waals surface area contributed by atoms with E-state index in [0.29, 0.717) is 30.9 Å². The van der Waals surface area contributed by atoms with Crippen LogP contribution >= 0.6 is 0 Å². The molecule has 3 aromatic rings. The van der Waals surface area contributed by atoms with Crippen LogP contribution in [0.4, 0.5) is 0 Å². The van der Waals surface area contributed by atoms with Crippen molar-refractivity contribution < 1.29 is 22.7 Å². The molecule has 164 valence electrons. The van der Waals surface area contributed by atoms with Crippen molar-refractivity contribution in [3.8, 4) is 5.75 Å². The maximum atomic E-state index is 12.3. The molecule has 0 saturated heterocycles. The highest BCUT2D eigenvalue weighted by atomic mass is 32.2. The number of para-hydroxylation sites is 1. The van der Waals surface area contributed by atoms with Crippen molar-refractivity contribution in [1.82, 2.24) is 15.0 Å². The smallest absolute Gasteiger partial charge is 0.251 e. The number of aromatic nitrogens is 1. The SMILES string of the molecule is COCCNS(=O)(=O)c1ccc(C(=O)NCCCOc2cccc3cccnc23)cc1. The largest absolute Gasteiger partial charge is 0.491 e. The van der Waals surface area contributed by atoms with E-state index >= 15 is 0 Å². The van der Waals surface area contributed by atoms with Gasteiger partial charge in [-0.1, -0.05) is 18.2 Å². The molecule has 9 heteroatoms. The average Bonchev–Trinajstić information content (AvgIpc) is 2.79. The number of carbonyl (C=O) groups is 1. The predicted octanol–water partition coefficient (Wildman–Crippen LogP) is 2.36. The van der Waals surface area contributed by atoms with Crippen LogP contribution in [0.25, 0.3) is 10.9 Å². The molecule has 0 spiro atoms. The first-order valence-corrected chi connectivity index (χ1v) is 11.3. The first-order valence-electron chi connectivity index (χ1n) is 9.85. The van der Waals surface area contributed by atoms with Crippen LogP contribution in [0.3, 0.4) is 0 Å². The third kappa shape index (κ3) is 6.24. The number of pyridine rings is 1. The summed E-state index contributed by atoms with van der Waals surface area (Å²) in [5, 5.41) is 3.81. The van der Waals surface area contributed by atoms with Gasteiger partial charge in [0.25, 0.3) is 5.91 Å². The summed E-state index contributed by atoms with van der Waals surface area (Å²) in [6.45, 7) is 1.31. The van der Waals surface area contributed by atoms with Gasteiger partial charge < -0.3 is 14.8 Å². The van der Waals surface area contributed by atoms with Crippen LogP contribution in [0.1, 0.15) is 16.8 Å². The summed E-state index contributed by atoms with van der Waals surface area (Å²) < 4.78 is 37.4. The van der Waals surface area contributed by atoms with Gasteiger partial charge in [-0.05, 0) is 42.8 Å². The molecular weight excluding hydrogens is 418 g/mol. The Morgan fingerprint density at radius 2 is 1.77 bits per heavy atom. The zero-order valence-electron chi connectivity index (χ0n) is 17.2. The fraction of sp³-hybridized carbons (Fsp3) is 0.273. The molecule has 0 atom stereocenters. The highest BCUT2D eigenvalue weighted by Gasteiger charge is 2.14. The Balaban J connectivity index is 1.45. The van der Waals surface area contributed by atoms with Gasteiger partial charge in [0.05, 0.1) is 18.1 Å². The monoisotopic (exact) mass is 443 g/mol. The topological polar surface area (TPSA) is 107 Å². The van der Waals surface area contributed by atoms with Crippen molar-refractivity contribution in [3.63, 3.8) is 0 Å². The Morgan fingerprint density at radius 3 is 2.55 bits per heavy atom. The lowest BCUT2D eigenvalue weighted by atomic mass is 10.2. The molecule has 0 unspecified atom stereocenters. The fourth-order valence-electron chi connectivity index (χ4n) is 2.90. The summed E-state index contributed by atoms with van der Waals surface area (Å²) in [5.41, 5.74) is 1.19. The molecular formula is C22H25N3O5S. The van der Waals surface area contributed by atoms with E-state index in [1.165, 1.54) is 31.4 Å². The number of sulfonamides is 1. The van der Waals surface area contributed by atoms with Gasteiger partial charge in [0.1, 0.15) is 11.3 Å². The van der Waals surface area contributed by atoms with E-state index in [4.69, 9.17) is 9.47 Å².